The van der Waals surface area contributed by atoms with Crippen molar-refractivity contribution in [3.05, 3.63) is 87.4 Å². The van der Waals surface area contributed by atoms with E-state index in [4.69, 9.17) is 0 Å². The molecule has 0 aliphatic carbocycles. The quantitative estimate of drug-likeness (QED) is 0.635. The molecule has 2 unspecified atom stereocenters. The molecular formula is C23H26N6O2. The first-order chi connectivity index (χ1) is 15.0. The highest BCUT2D eigenvalue weighted by Crippen LogP contribution is 2.30. The molecule has 3 aromatic rings. The number of aromatic nitrogens is 4. The summed E-state index contributed by atoms with van der Waals surface area (Å²) in [5, 5.41) is 11.1. The molecule has 0 saturated carbocycles. The van der Waals surface area contributed by atoms with Gasteiger partial charge in [-0.25, -0.2) is 0 Å². The van der Waals surface area contributed by atoms with Crippen LogP contribution in [0, 0.1) is 12.8 Å². The highest BCUT2D eigenvalue weighted by molar-refractivity contribution is 5.95. The minimum atomic E-state index is -0.318. The normalized spacial score (nSPS) is 18.8. The molecule has 160 valence electrons. The Morgan fingerprint density at radius 3 is 2.74 bits per heavy atom. The second-order valence-electron chi connectivity index (χ2n) is 8.12. The molecule has 1 aliphatic heterocycles. The molecule has 1 aromatic carbocycles. The topological polar surface area (TPSA) is 104 Å². The summed E-state index contributed by atoms with van der Waals surface area (Å²) in [5.74, 6) is 0.779. The first kappa shape index (κ1) is 20.9. The lowest BCUT2D eigenvalue weighted by Crippen LogP contribution is -2.30. The van der Waals surface area contributed by atoms with E-state index < -0.39 is 0 Å². The van der Waals surface area contributed by atoms with Crippen LogP contribution < -0.4 is 10.9 Å². The highest BCUT2D eigenvalue weighted by Gasteiger charge is 2.32. The maximum Gasteiger partial charge on any atom is 0.274 e. The van der Waals surface area contributed by atoms with Crippen LogP contribution in [-0.2, 0) is 13.1 Å². The summed E-state index contributed by atoms with van der Waals surface area (Å²) in [6.07, 6.45) is 3.14. The third-order valence-electron chi connectivity index (χ3n) is 5.77. The minimum Gasteiger partial charge on any atom is -0.346 e. The highest BCUT2D eigenvalue weighted by atomic mass is 16.2. The predicted octanol–water partition coefficient (Wildman–Crippen LogP) is 2.03. The molecule has 3 heterocycles. The van der Waals surface area contributed by atoms with Crippen LogP contribution in [0.25, 0.3) is 0 Å². The lowest BCUT2D eigenvalue weighted by atomic mass is 9.97. The van der Waals surface area contributed by atoms with Gasteiger partial charge in [-0.2, -0.15) is 0 Å². The molecule has 0 spiro atoms. The van der Waals surface area contributed by atoms with Crippen LogP contribution in [0.3, 0.4) is 0 Å². The molecule has 0 bridgehead atoms. The van der Waals surface area contributed by atoms with Gasteiger partial charge in [0, 0.05) is 37.9 Å². The Kier molecular flexibility index (Phi) is 6.18. The zero-order chi connectivity index (χ0) is 21.8. The van der Waals surface area contributed by atoms with E-state index in [-0.39, 0.29) is 29.6 Å². The number of nitrogens with one attached hydrogen (secondary N) is 2. The second-order valence-corrected chi connectivity index (χ2v) is 8.12. The first-order valence-corrected chi connectivity index (χ1v) is 10.4. The summed E-state index contributed by atoms with van der Waals surface area (Å²) in [5.41, 5.74) is 2.43. The molecule has 0 radical (unpaired) electrons. The van der Waals surface area contributed by atoms with Gasteiger partial charge in [0.2, 0.25) is 0 Å². The van der Waals surface area contributed by atoms with Crippen molar-refractivity contribution in [2.45, 2.75) is 32.9 Å². The summed E-state index contributed by atoms with van der Waals surface area (Å²) < 4.78 is 0. The van der Waals surface area contributed by atoms with Crippen molar-refractivity contribution in [2.24, 2.45) is 5.92 Å². The Morgan fingerprint density at radius 2 is 2.00 bits per heavy atom. The van der Waals surface area contributed by atoms with E-state index in [1.165, 1.54) is 11.8 Å². The smallest absolute Gasteiger partial charge is 0.274 e. The number of hydrogen-bond acceptors (Lipinski definition) is 6. The summed E-state index contributed by atoms with van der Waals surface area (Å²) in [4.78, 5) is 34.1. The van der Waals surface area contributed by atoms with Gasteiger partial charge in [0.25, 0.3) is 11.5 Å². The van der Waals surface area contributed by atoms with E-state index in [1.807, 2.05) is 25.1 Å². The fourth-order valence-corrected chi connectivity index (χ4v) is 4.01. The van der Waals surface area contributed by atoms with Gasteiger partial charge in [-0.05, 0) is 30.0 Å². The number of aryl methyl sites for hydroxylation is 1. The van der Waals surface area contributed by atoms with E-state index >= 15 is 0 Å². The number of hydrogen-bond donors (Lipinski definition) is 2. The number of aromatic amines is 1. The van der Waals surface area contributed by atoms with Crippen molar-refractivity contribution in [3.63, 3.8) is 0 Å². The largest absolute Gasteiger partial charge is 0.346 e. The Bertz CT molecular complexity index is 1110. The Labute approximate surface area is 180 Å². The average molecular weight is 419 g/mol. The van der Waals surface area contributed by atoms with Gasteiger partial charge in [0.1, 0.15) is 11.5 Å². The number of likely N-dealkylation sites (tertiary alicyclic amines) is 1. The molecule has 8 nitrogen and oxygen atoms in total. The summed E-state index contributed by atoms with van der Waals surface area (Å²) in [7, 11) is 0. The minimum absolute atomic E-state index is 0.0101. The maximum atomic E-state index is 12.6. The van der Waals surface area contributed by atoms with Crippen molar-refractivity contribution >= 4 is 5.91 Å². The van der Waals surface area contributed by atoms with Gasteiger partial charge >= 0.3 is 0 Å². The van der Waals surface area contributed by atoms with Crippen LogP contribution >= 0.6 is 0 Å². The Morgan fingerprint density at radius 1 is 1.19 bits per heavy atom. The van der Waals surface area contributed by atoms with Gasteiger partial charge in [0.15, 0.2) is 0 Å². The van der Waals surface area contributed by atoms with E-state index in [0.717, 1.165) is 25.2 Å². The molecular weight excluding hydrogens is 392 g/mol. The Hall–Kier alpha value is -3.39. The molecule has 31 heavy (non-hydrogen) atoms. The van der Waals surface area contributed by atoms with E-state index in [1.54, 1.807) is 12.3 Å². The number of pyridine rings is 1. The fraction of sp³-hybridized carbons (Fsp3) is 0.348. The molecule has 2 aromatic heterocycles. The SMILES string of the molecule is Cc1ccncc1C(=O)NCc1nnc(C2CN(Cc3ccccc3)CC2C)[nH]c1=O. The van der Waals surface area contributed by atoms with E-state index in [0.29, 0.717) is 17.3 Å². The molecule has 1 aliphatic rings. The number of carbonyl (C=O) groups is 1. The molecule has 4 rings (SSSR count). The number of carbonyl (C=O) groups excluding carboxylic acids is 1. The number of rotatable bonds is 6. The van der Waals surface area contributed by atoms with Crippen LogP contribution in [-0.4, -0.2) is 44.1 Å². The maximum absolute atomic E-state index is 12.6. The first-order valence-electron chi connectivity index (χ1n) is 10.4. The van der Waals surface area contributed by atoms with E-state index in [9.17, 15) is 9.59 Å². The van der Waals surface area contributed by atoms with Gasteiger partial charge in [0.05, 0.1) is 12.1 Å². The van der Waals surface area contributed by atoms with Crippen LogP contribution in [0.4, 0.5) is 0 Å². The molecule has 2 atom stereocenters. The summed E-state index contributed by atoms with van der Waals surface area (Å²) >= 11 is 0. The third-order valence-corrected chi connectivity index (χ3v) is 5.77. The molecule has 8 heteroatoms. The van der Waals surface area contributed by atoms with Crippen molar-refractivity contribution < 1.29 is 4.79 Å². The average Bonchev–Trinajstić information content (AvgIpc) is 3.13. The van der Waals surface area contributed by atoms with Crippen LogP contribution in [0.15, 0.2) is 53.6 Å². The molecule has 1 saturated heterocycles. The van der Waals surface area contributed by atoms with Gasteiger partial charge < -0.3 is 10.3 Å². The standard InChI is InChI=1S/C23H26N6O2/c1-15-8-9-24-10-18(15)22(30)25-11-20-23(31)26-21(28-27-20)19-14-29(12-16(19)2)13-17-6-4-3-5-7-17/h3-10,16,19H,11-14H2,1-2H3,(H,25,30)(H,26,28,31). The van der Waals surface area contributed by atoms with Gasteiger partial charge in [-0.1, -0.05) is 37.3 Å². The van der Waals surface area contributed by atoms with Crippen LogP contribution in [0.2, 0.25) is 0 Å². The molecule has 2 N–H and O–H groups in total. The van der Waals surface area contributed by atoms with E-state index in [2.05, 4.69) is 49.4 Å². The number of amides is 1. The predicted molar refractivity (Wildman–Crippen MR) is 116 cm³/mol. The third kappa shape index (κ3) is 4.86. The second kappa shape index (κ2) is 9.18. The summed E-state index contributed by atoms with van der Waals surface area (Å²) in [6.45, 7) is 6.64. The van der Waals surface area contributed by atoms with Crippen molar-refractivity contribution in [2.75, 3.05) is 13.1 Å². The fourth-order valence-electron chi connectivity index (χ4n) is 4.01. The number of nitrogens with zero attached hydrogens (tertiary/aromatic N) is 4. The van der Waals surface area contributed by atoms with Crippen molar-refractivity contribution in [1.29, 1.82) is 0 Å². The number of H-pyrrole nitrogens is 1. The van der Waals surface area contributed by atoms with Crippen LogP contribution in [0.1, 0.15) is 45.8 Å². The number of benzene rings is 1. The summed E-state index contributed by atoms with van der Waals surface area (Å²) in [6, 6.07) is 12.1. The zero-order valence-electron chi connectivity index (χ0n) is 17.7. The molecule has 1 fully saturated rings. The van der Waals surface area contributed by atoms with Crippen molar-refractivity contribution in [1.82, 2.24) is 30.4 Å². The van der Waals surface area contributed by atoms with Crippen LogP contribution in [0.5, 0.6) is 0 Å². The molecule has 1 amide bonds. The van der Waals surface area contributed by atoms with Gasteiger partial charge in [-0.15, -0.1) is 10.2 Å². The van der Waals surface area contributed by atoms with Crippen molar-refractivity contribution in [3.8, 4) is 0 Å². The van der Waals surface area contributed by atoms with Gasteiger partial charge in [-0.3, -0.25) is 19.5 Å². The monoisotopic (exact) mass is 418 g/mol. The lowest BCUT2D eigenvalue weighted by Gasteiger charge is -2.15. The Balaban J connectivity index is 1.40. The zero-order valence-corrected chi connectivity index (χ0v) is 17.7. The lowest BCUT2D eigenvalue weighted by molar-refractivity contribution is 0.0949.